The van der Waals surface area contributed by atoms with E-state index in [1.54, 1.807) is 0 Å². The summed E-state index contributed by atoms with van der Waals surface area (Å²) in [5.41, 5.74) is 13.7. The first-order chi connectivity index (χ1) is 17.3. The fraction of sp³-hybridized carbons (Fsp3) is 0.222. The van der Waals surface area contributed by atoms with E-state index in [0.717, 1.165) is 0 Å². The molecule has 0 saturated heterocycles. The van der Waals surface area contributed by atoms with Gasteiger partial charge in [-0.2, -0.15) is 0 Å². The highest BCUT2D eigenvalue weighted by atomic mass is 14.6. The molecule has 8 aliphatic rings. The van der Waals surface area contributed by atoms with Crippen LogP contribution < -0.4 is 0 Å². The van der Waals surface area contributed by atoms with Crippen LogP contribution in [0.25, 0.3) is 0 Å². The third-order valence-corrected chi connectivity index (χ3v) is 11.1. The molecule has 0 nitrogen and oxygen atoms in total. The van der Waals surface area contributed by atoms with Crippen LogP contribution in [0.5, 0.6) is 0 Å². The van der Waals surface area contributed by atoms with Gasteiger partial charge >= 0.3 is 0 Å². The summed E-state index contributed by atoms with van der Waals surface area (Å²) in [7, 11) is 0. The predicted molar refractivity (Wildman–Crippen MR) is 150 cm³/mol. The van der Waals surface area contributed by atoms with Gasteiger partial charge in [-0.05, 0) is 55.7 Å². The van der Waals surface area contributed by atoms with Crippen molar-refractivity contribution in [3.63, 3.8) is 0 Å². The van der Waals surface area contributed by atoms with Crippen LogP contribution in [0.2, 0.25) is 0 Å². The number of allylic oxidation sites excluding steroid dienone is 28. The van der Waals surface area contributed by atoms with Gasteiger partial charge in [-0.1, -0.05) is 137 Å². The van der Waals surface area contributed by atoms with Gasteiger partial charge in [0.1, 0.15) is 0 Å². The van der Waals surface area contributed by atoms with Crippen molar-refractivity contribution in [2.24, 2.45) is 21.7 Å². The molecule has 0 heteroatoms. The Morgan fingerprint density at radius 1 is 0.333 bits per heavy atom. The summed E-state index contributed by atoms with van der Waals surface area (Å²) in [6.45, 7) is 9.74. The Kier molecular flexibility index (Phi) is 3.53. The Hall–Kier alpha value is -3.64. The van der Waals surface area contributed by atoms with Crippen molar-refractivity contribution in [2.75, 3.05) is 0 Å². The summed E-state index contributed by atoms with van der Waals surface area (Å²) < 4.78 is 0. The molecule has 36 heavy (non-hydrogen) atoms. The molecule has 4 atom stereocenters. The zero-order valence-corrected chi connectivity index (χ0v) is 21.4. The zero-order valence-electron chi connectivity index (χ0n) is 21.4. The van der Waals surface area contributed by atoms with E-state index >= 15 is 0 Å². The maximum Gasteiger partial charge on any atom is 0.0309 e. The fourth-order valence-electron chi connectivity index (χ4n) is 8.28. The highest BCUT2D eigenvalue weighted by Crippen LogP contribution is 2.67. The molecule has 0 heterocycles. The third-order valence-electron chi connectivity index (χ3n) is 11.1. The fourth-order valence-corrected chi connectivity index (χ4v) is 8.28. The van der Waals surface area contributed by atoms with Crippen LogP contribution in [0.15, 0.2) is 165 Å². The van der Waals surface area contributed by atoms with Crippen LogP contribution in [0.1, 0.15) is 27.7 Å². The second-order valence-corrected chi connectivity index (χ2v) is 12.0. The van der Waals surface area contributed by atoms with Crippen LogP contribution in [0, 0.1) is 21.7 Å². The lowest BCUT2D eigenvalue weighted by molar-refractivity contribution is 0.248. The lowest BCUT2D eigenvalue weighted by Gasteiger charge is -2.57. The topological polar surface area (TPSA) is 0 Å². The minimum atomic E-state index is -0.0586. The van der Waals surface area contributed by atoms with Gasteiger partial charge in [0, 0.05) is 21.7 Å². The second-order valence-electron chi connectivity index (χ2n) is 12.0. The minimum Gasteiger partial charge on any atom is -0.0617 e. The van der Waals surface area contributed by atoms with Crippen molar-refractivity contribution in [3.05, 3.63) is 165 Å². The van der Waals surface area contributed by atoms with Gasteiger partial charge in [0.05, 0.1) is 0 Å². The summed E-state index contributed by atoms with van der Waals surface area (Å²) in [6.07, 6.45) is 42.2. The molecule has 0 fully saturated rings. The molecule has 8 aliphatic carbocycles. The van der Waals surface area contributed by atoms with E-state index in [9.17, 15) is 0 Å². The van der Waals surface area contributed by atoms with Crippen molar-refractivity contribution in [1.82, 2.24) is 0 Å². The molecule has 0 aromatic heterocycles. The van der Waals surface area contributed by atoms with Crippen LogP contribution in [-0.2, 0) is 0 Å². The molecular weight excluding hydrogens is 432 g/mol. The SMILES string of the molecule is CC12C3=CC=CC1=CC=C1C=C(C4=CC5=CC=C6C=CC=C7C=CC(=C4)C5(C)C76C)C=C(C=C3)C12C. The summed E-state index contributed by atoms with van der Waals surface area (Å²) in [6, 6.07) is 0. The van der Waals surface area contributed by atoms with E-state index in [0.29, 0.717) is 0 Å². The molecule has 8 rings (SSSR count). The maximum atomic E-state index is 2.45. The molecule has 0 saturated carbocycles. The Balaban J connectivity index is 1.33. The smallest absolute Gasteiger partial charge is 0.0309 e. The third kappa shape index (κ3) is 2.00. The summed E-state index contributed by atoms with van der Waals surface area (Å²) in [5, 5.41) is 0. The molecular formula is C36H30. The highest BCUT2D eigenvalue weighted by molar-refractivity contribution is 5.74. The monoisotopic (exact) mass is 462 g/mol. The normalized spacial score (nSPS) is 39.7. The van der Waals surface area contributed by atoms with Gasteiger partial charge in [0.25, 0.3) is 0 Å². The van der Waals surface area contributed by atoms with Gasteiger partial charge in [0.2, 0.25) is 0 Å². The molecule has 0 bridgehead atoms. The summed E-state index contributed by atoms with van der Waals surface area (Å²) in [4.78, 5) is 0. The van der Waals surface area contributed by atoms with Gasteiger partial charge < -0.3 is 0 Å². The van der Waals surface area contributed by atoms with E-state index in [4.69, 9.17) is 0 Å². The quantitative estimate of drug-likeness (QED) is 0.366. The van der Waals surface area contributed by atoms with Crippen molar-refractivity contribution < 1.29 is 0 Å². The lowest BCUT2D eigenvalue weighted by atomic mass is 9.46. The Morgan fingerprint density at radius 3 is 1.11 bits per heavy atom. The van der Waals surface area contributed by atoms with E-state index in [2.05, 4.69) is 137 Å². The molecule has 0 aromatic carbocycles. The van der Waals surface area contributed by atoms with E-state index < -0.39 is 0 Å². The lowest BCUT2D eigenvalue weighted by Crippen LogP contribution is -2.47. The molecule has 4 unspecified atom stereocenters. The van der Waals surface area contributed by atoms with Gasteiger partial charge in [-0.25, -0.2) is 0 Å². The molecule has 0 aliphatic heterocycles. The Bertz CT molecular complexity index is 1520. The largest absolute Gasteiger partial charge is 0.0617 e. The first kappa shape index (κ1) is 20.5. The molecule has 0 aromatic rings. The highest BCUT2D eigenvalue weighted by Gasteiger charge is 2.57. The first-order valence-electron chi connectivity index (χ1n) is 13.2. The molecule has 0 spiro atoms. The number of rotatable bonds is 1. The zero-order chi connectivity index (χ0) is 24.5. The van der Waals surface area contributed by atoms with Crippen LogP contribution in [0.4, 0.5) is 0 Å². The first-order valence-corrected chi connectivity index (χ1v) is 13.2. The number of hydrogen-bond donors (Lipinski definition) is 0. The molecule has 174 valence electrons. The molecule has 0 radical (unpaired) electrons. The Labute approximate surface area is 214 Å². The average Bonchev–Trinajstić information content (AvgIpc) is 2.86. The van der Waals surface area contributed by atoms with E-state index in [1.165, 1.54) is 55.7 Å². The van der Waals surface area contributed by atoms with Gasteiger partial charge in [-0.3, -0.25) is 0 Å². The predicted octanol–water partition coefficient (Wildman–Crippen LogP) is 8.61. The van der Waals surface area contributed by atoms with Crippen molar-refractivity contribution in [2.45, 2.75) is 27.7 Å². The van der Waals surface area contributed by atoms with E-state index in [-0.39, 0.29) is 21.7 Å². The van der Waals surface area contributed by atoms with Crippen molar-refractivity contribution in [1.29, 1.82) is 0 Å². The van der Waals surface area contributed by atoms with Crippen LogP contribution in [-0.4, -0.2) is 0 Å². The maximum absolute atomic E-state index is 2.45. The number of hydrogen-bond acceptors (Lipinski definition) is 0. The summed E-state index contributed by atoms with van der Waals surface area (Å²) in [5.74, 6) is 0. The van der Waals surface area contributed by atoms with Gasteiger partial charge in [0.15, 0.2) is 0 Å². The van der Waals surface area contributed by atoms with Crippen molar-refractivity contribution in [3.8, 4) is 0 Å². The van der Waals surface area contributed by atoms with Crippen LogP contribution >= 0.6 is 0 Å². The van der Waals surface area contributed by atoms with Crippen LogP contribution in [0.3, 0.4) is 0 Å². The average molecular weight is 463 g/mol. The van der Waals surface area contributed by atoms with Crippen molar-refractivity contribution >= 4 is 0 Å². The van der Waals surface area contributed by atoms with E-state index in [1.807, 2.05) is 0 Å². The minimum absolute atomic E-state index is 0.0303. The molecule has 0 amide bonds. The van der Waals surface area contributed by atoms with Gasteiger partial charge in [-0.15, -0.1) is 0 Å². The second kappa shape index (κ2) is 6.19. The standard InChI is InChI=1S/C36H30/c1-33-25-7-5-8-26(33)12-16-30-20-23(19-29(15-11-25)35(30,33)3)24-21-31-17-13-27-9-6-10-28-14-18-32(22-24)36(31,4)34(27,28)2/h5-22H,1-4H3. The Morgan fingerprint density at radius 2 is 0.667 bits per heavy atom. The molecule has 0 N–H and O–H groups in total. The summed E-state index contributed by atoms with van der Waals surface area (Å²) >= 11 is 0.